The van der Waals surface area contributed by atoms with E-state index in [1.165, 1.54) is 4.90 Å². The number of hydrogen-bond donors (Lipinski definition) is 1. The van der Waals surface area contributed by atoms with Crippen molar-refractivity contribution in [3.63, 3.8) is 0 Å². The van der Waals surface area contributed by atoms with E-state index in [9.17, 15) is 9.90 Å². The van der Waals surface area contributed by atoms with Crippen LogP contribution in [-0.4, -0.2) is 67.7 Å². The minimum absolute atomic E-state index is 0.201. The maximum Gasteiger partial charge on any atom is 0.273 e. The second-order valence-corrected chi connectivity index (χ2v) is 6.03. The van der Waals surface area contributed by atoms with Gasteiger partial charge in [0.1, 0.15) is 11.3 Å². The summed E-state index contributed by atoms with van der Waals surface area (Å²) in [6.07, 6.45) is 7.17. The number of anilines is 1. The molecule has 8 nitrogen and oxygen atoms in total. The third-order valence-corrected chi connectivity index (χ3v) is 3.97. The van der Waals surface area contributed by atoms with E-state index in [-0.39, 0.29) is 12.5 Å². The molecule has 23 heavy (non-hydrogen) atoms. The summed E-state index contributed by atoms with van der Waals surface area (Å²) in [6, 6.07) is 1.76. The van der Waals surface area contributed by atoms with Crippen molar-refractivity contribution >= 4 is 11.9 Å². The Hall–Kier alpha value is -2.48. The first-order chi connectivity index (χ1) is 11.0. The average molecular weight is 316 g/mol. The number of aliphatic hydroxyl groups is 1. The Balaban J connectivity index is 1.64. The second-order valence-electron chi connectivity index (χ2n) is 6.03. The highest BCUT2D eigenvalue weighted by Gasteiger charge is 2.39. The summed E-state index contributed by atoms with van der Waals surface area (Å²) in [5, 5.41) is 10.8. The SMILES string of the molecule is CN(CC1(O)CCN(c2ncccn2)C1)C(=O)c1cn(C)cn1. The van der Waals surface area contributed by atoms with Crippen molar-refractivity contribution in [3.05, 3.63) is 36.7 Å². The molecule has 0 spiro atoms. The molecular formula is C15H20N6O2. The van der Waals surface area contributed by atoms with Crippen LogP contribution in [0.4, 0.5) is 5.95 Å². The van der Waals surface area contributed by atoms with Crippen molar-refractivity contribution in [1.29, 1.82) is 0 Å². The number of aromatic nitrogens is 4. The zero-order valence-electron chi connectivity index (χ0n) is 13.3. The molecule has 2 aromatic heterocycles. The van der Waals surface area contributed by atoms with Crippen LogP contribution in [0.25, 0.3) is 0 Å². The number of imidazole rings is 1. The van der Waals surface area contributed by atoms with Gasteiger partial charge in [0.05, 0.1) is 19.4 Å². The number of carbonyl (C=O) groups excluding carboxylic acids is 1. The van der Waals surface area contributed by atoms with E-state index in [0.717, 1.165) is 0 Å². The molecule has 3 heterocycles. The van der Waals surface area contributed by atoms with Gasteiger partial charge >= 0.3 is 0 Å². The molecule has 1 atom stereocenters. The van der Waals surface area contributed by atoms with Crippen LogP contribution in [0.15, 0.2) is 31.0 Å². The third-order valence-electron chi connectivity index (χ3n) is 3.97. The lowest BCUT2D eigenvalue weighted by molar-refractivity contribution is 0.0262. The molecule has 1 aliphatic rings. The van der Waals surface area contributed by atoms with Crippen LogP contribution in [0.3, 0.4) is 0 Å². The standard InChI is InChI=1S/C15H20N6O2/c1-19-8-12(18-11-19)13(22)20(2)9-15(23)4-7-21(10-15)14-16-5-3-6-17-14/h3,5-6,8,11,23H,4,7,9-10H2,1-2H3. The summed E-state index contributed by atoms with van der Waals surface area (Å²) in [5.41, 5.74) is -0.599. The molecule has 0 bridgehead atoms. The van der Waals surface area contributed by atoms with Crippen LogP contribution < -0.4 is 4.90 Å². The highest BCUT2D eigenvalue weighted by Crippen LogP contribution is 2.25. The number of hydrogen-bond acceptors (Lipinski definition) is 6. The quantitative estimate of drug-likeness (QED) is 0.849. The van der Waals surface area contributed by atoms with Gasteiger partial charge in [-0.1, -0.05) is 0 Å². The molecule has 0 aromatic carbocycles. The zero-order valence-corrected chi connectivity index (χ0v) is 13.3. The van der Waals surface area contributed by atoms with Crippen molar-refractivity contribution in [2.45, 2.75) is 12.0 Å². The van der Waals surface area contributed by atoms with Crippen LogP contribution in [0.2, 0.25) is 0 Å². The number of carbonyl (C=O) groups is 1. The predicted molar refractivity (Wildman–Crippen MR) is 84.0 cm³/mol. The molecule has 1 aliphatic heterocycles. The van der Waals surface area contributed by atoms with Gasteiger partial charge in [-0.25, -0.2) is 15.0 Å². The van der Waals surface area contributed by atoms with Crippen molar-refractivity contribution in [2.75, 3.05) is 31.6 Å². The molecule has 8 heteroatoms. The highest BCUT2D eigenvalue weighted by atomic mass is 16.3. The molecule has 1 fully saturated rings. The summed E-state index contributed by atoms with van der Waals surface area (Å²) >= 11 is 0. The summed E-state index contributed by atoms with van der Waals surface area (Å²) < 4.78 is 1.72. The van der Waals surface area contributed by atoms with Gasteiger partial charge in [-0.2, -0.15) is 0 Å². The van der Waals surface area contributed by atoms with Gasteiger partial charge in [-0.05, 0) is 12.5 Å². The Labute approximate surface area is 134 Å². The molecule has 1 N–H and O–H groups in total. The number of rotatable bonds is 4. The summed E-state index contributed by atoms with van der Waals surface area (Å²) in [5.74, 6) is 0.399. The normalized spacial score (nSPS) is 20.7. The van der Waals surface area contributed by atoms with E-state index < -0.39 is 5.60 Å². The highest BCUT2D eigenvalue weighted by molar-refractivity contribution is 5.91. The van der Waals surface area contributed by atoms with Crippen LogP contribution in [0, 0.1) is 0 Å². The Morgan fingerprint density at radius 3 is 2.78 bits per heavy atom. The molecule has 3 rings (SSSR count). The maximum atomic E-state index is 12.3. The van der Waals surface area contributed by atoms with Crippen molar-refractivity contribution in [2.24, 2.45) is 7.05 Å². The fourth-order valence-corrected chi connectivity index (χ4v) is 2.84. The summed E-state index contributed by atoms with van der Waals surface area (Å²) in [4.78, 5) is 28.2. The fourth-order valence-electron chi connectivity index (χ4n) is 2.84. The van der Waals surface area contributed by atoms with E-state index in [0.29, 0.717) is 31.2 Å². The van der Waals surface area contributed by atoms with Gasteiger partial charge in [-0.15, -0.1) is 0 Å². The lowest BCUT2D eigenvalue weighted by Crippen LogP contribution is -2.46. The van der Waals surface area contributed by atoms with E-state index in [4.69, 9.17) is 0 Å². The Morgan fingerprint density at radius 1 is 1.39 bits per heavy atom. The molecule has 0 saturated carbocycles. The number of aryl methyl sites for hydroxylation is 1. The van der Waals surface area contributed by atoms with Gasteiger partial charge in [0.2, 0.25) is 5.95 Å². The van der Waals surface area contributed by atoms with E-state index in [2.05, 4.69) is 15.0 Å². The van der Waals surface area contributed by atoms with Gasteiger partial charge in [0.15, 0.2) is 0 Å². The predicted octanol–water partition coefficient (Wildman–Crippen LogP) is -0.0765. The van der Waals surface area contributed by atoms with Gasteiger partial charge in [0, 0.05) is 39.2 Å². The third kappa shape index (κ3) is 3.31. The van der Waals surface area contributed by atoms with Gasteiger partial charge in [0.25, 0.3) is 5.91 Å². The topological polar surface area (TPSA) is 87.4 Å². The minimum Gasteiger partial charge on any atom is -0.386 e. The average Bonchev–Trinajstić information content (AvgIpc) is 3.14. The number of amides is 1. The first-order valence-electron chi connectivity index (χ1n) is 7.45. The maximum absolute atomic E-state index is 12.3. The number of nitrogens with zero attached hydrogens (tertiary/aromatic N) is 6. The van der Waals surface area contributed by atoms with Crippen molar-refractivity contribution in [1.82, 2.24) is 24.4 Å². The van der Waals surface area contributed by atoms with E-state index in [1.807, 2.05) is 11.9 Å². The van der Waals surface area contributed by atoms with Crippen LogP contribution in [-0.2, 0) is 7.05 Å². The van der Waals surface area contributed by atoms with Gasteiger partial charge < -0.3 is 19.5 Å². The lowest BCUT2D eigenvalue weighted by atomic mass is 10.0. The molecule has 0 radical (unpaired) electrons. The first-order valence-corrected chi connectivity index (χ1v) is 7.45. The number of likely N-dealkylation sites (N-methyl/N-ethyl adjacent to an activating group) is 1. The molecule has 1 saturated heterocycles. The fraction of sp³-hybridized carbons (Fsp3) is 0.467. The van der Waals surface area contributed by atoms with Crippen molar-refractivity contribution < 1.29 is 9.90 Å². The van der Waals surface area contributed by atoms with Crippen LogP contribution in [0.5, 0.6) is 0 Å². The van der Waals surface area contributed by atoms with Gasteiger partial charge in [-0.3, -0.25) is 4.79 Å². The summed E-state index contributed by atoms with van der Waals surface area (Å²) in [7, 11) is 3.49. The number of β-amino-alcohol motifs (C(OH)–C–C–N with tert-alkyl or cyclic N) is 1. The van der Waals surface area contributed by atoms with Crippen LogP contribution in [0.1, 0.15) is 16.9 Å². The second kappa shape index (κ2) is 5.96. The smallest absolute Gasteiger partial charge is 0.273 e. The van der Waals surface area contributed by atoms with E-state index >= 15 is 0 Å². The Kier molecular flexibility index (Phi) is 3.99. The molecular weight excluding hydrogens is 296 g/mol. The molecule has 122 valence electrons. The van der Waals surface area contributed by atoms with E-state index in [1.54, 1.807) is 42.6 Å². The lowest BCUT2D eigenvalue weighted by Gasteiger charge is -2.28. The molecule has 0 aliphatic carbocycles. The minimum atomic E-state index is -0.974. The molecule has 2 aromatic rings. The Morgan fingerprint density at radius 2 is 2.13 bits per heavy atom. The largest absolute Gasteiger partial charge is 0.386 e. The zero-order chi connectivity index (χ0) is 16.4. The molecule has 1 amide bonds. The summed E-state index contributed by atoms with van der Waals surface area (Å²) in [6.45, 7) is 1.30. The van der Waals surface area contributed by atoms with Crippen LogP contribution >= 0.6 is 0 Å². The van der Waals surface area contributed by atoms with Crippen molar-refractivity contribution in [3.8, 4) is 0 Å². The first kappa shape index (κ1) is 15.4. The molecule has 1 unspecified atom stereocenters. The monoisotopic (exact) mass is 316 g/mol. The Bertz CT molecular complexity index is 688.